The van der Waals surface area contributed by atoms with E-state index in [4.69, 9.17) is 11.6 Å². The van der Waals surface area contributed by atoms with Crippen LogP contribution in [0.5, 0.6) is 0 Å². The molecule has 0 aromatic heterocycles. The summed E-state index contributed by atoms with van der Waals surface area (Å²) in [6, 6.07) is 7.35. The number of rotatable bonds is 5. The molecule has 1 saturated heterocycles. The van der Waals surface area contributed by atoms with Crippen molar-refractivity contribution in [3.63, 3.8) is 0 Å². The Morgan fingerprint density at radius 2 is 2.21 bits per heavy atom. The summed E-state index contributed by atoms with van der Waals surface area (Å²) >= 11 is 6.02. The van der Waals surface area contributed by atoms with Gasteiger partial charge in [-0.15, -0.1) is 0 Å². The number of benzene rings is 1. The van der Waals surface area contributed by atoms with Crippen molar-refractivity contribution in [1.82, 2.24) is 4.90 Å². The maximum Gasteiger partial charge on any atom is 0.165 e. The van der Waals surface area contributed by atoms with Crippen molar-refractivity contribution in [1.29, 1.82) is 0 Å². The van der Waals surface area contributed by atoms with E-state index in [2.05, 4.69) is 11.8 Å². The van der Waals surface area contributed by atoms with E-state index in [0.717, 1.165) is 13.0 Å². The van der Waals surface area contributed by atoms with Gasteiger partial charge in [-0.05, 0) is 31.0 Å². The first-order valence-electron chi connectivity index (χ1n) is 6.76. The molecule has 1 aromatic rings. The summed E-state index contributed by atoms with van der Waals surface area (Å²) in [5.74, 6) is 0.572. The predicted octanol–water partition coefficient (Wildman–Crippen LogP) is 2.62. The second-order valence-corrected chi connectivity index (χ2v) is 5.61. The van der Waals surface area contributed by atoms with Crippen molar-refractivity contribution in [2.75, 3.05) is 19.7 Å². The van der Waals surface area contributed by atoms with E-state index in [9.17, 15) is 9.90 Å². The van der Waals surface area contributed by atoms with Gasteiger partial charge in [0.15, 0.2) is 5.78 Å². The first-order valence-corrected chi connectivity index (χ1v) is 7.14. The van der Waals surface area contributed by atoms with Crippen LogP contribution in [0.2, 0.25) is 5.02 Å². The monoisotopic (exact) mass is 281 g/mol. The van der Waals surface area contributed by atoms with Crippen LogP contribution in [0.1, 0.15) is 30.1 Å². The maximum absolute atomic E-state index is 12.1. The Labute approximate surface area is 119 Å². The lowest BCUT2D eigenvalue weighted by Crippen LogP contribution is -2.36. The van der Waals surface area contributed by atoms with Gasteiger partial charge in [0.05, 0.1) is 11.6 Å². The highest BCUT2D eigenvalue weighted by Crippen LogP contribution is 2.24. The highest BCUT2D eigenvalue weighted by molar-refractivity contribution is 6.33. The molecular weight excluding hydrogens is 262 g/mol. The number of aliphatic hydroxyl groups excluding tert-OH is 1. The highest BCUT2D eigenvalue weighted by Gasteiger charge is 2.30. The zero-order chi connectivity index (χ0) is 13.8. The number of hydrogen-bond donors (Lipinski definition) is 1. The quantitative estimate of drug-likeness (QED) is 0.844. The molecule has 1 aromatic carbocycles. The van der Waals surface area contributed by atoms with Gasteiger partial charge in [0.25, 0.3) is 0 Å². The predicted molar refractivity (Wildman–Crippen MR) is 76.6 cm³/mol. The normalized spacial score (nSPS) is 23.7. The fourth-order valence-electron chi connectivity index (χ4n) is 2.73. The molecular formula is C15H20ClNO2. The topological polar surface area (TPSA) is 40.5 Å². The number of aliphatic hydroxyl groups is 1. The third-order valence-electron chi connectivity index (χ3n) is 3.98. The number of hydrogen-bond acceptors (Lipinski definition) is 3. The van der Waals surface area contributed by atoms with Crippen molar-refractivity contribution >= 4 is 17.4 Å². The van der Waals surface area contributed by atoms with E-state index in [1.165, 1.54) is 0 Å². The van der Waals surface area contributed by atoms with E-state index in [1.54, 1.807) is 12.1 Å². The molecule has 2 rings (SSSR count). The van der Waals surface area contributed by atoms with Gasteiger partial charge in [-0.2, -0.15) is 0 Å². The number of likely N-dealkylation sites (tertiary alicyclic amines) is 1. The Hall–Kier alpha value is -0.900. The fourth-order valence-corrected chi connectivity index (χ4v) is 2.97. The lowest BCUT2D eigenvalue weighted by Gasteiger charge is -2.24. The van der Waals surface area contributed by atoms with Gasteiger partial charge in [-0.1, -0.05) is 30.7 Å². The van der Waals surface area contributed by atoms with E-state index in [1.807, 2.05) is 12.1 Å². The van der Waals surface area contributed by atoms with E-state index >= 15 is 0 Å². The number of carbonyl (C=O) groups is 1. The third-order valence-corrected chi connectivity index (χ3v) is 4.31. The van der Waals surface area contributed by atoms with Crippen LogP contribution in [0, 0.1) is 5.92 Å². The summed E-state index contributed by atoms with van der Waals surface area (Å²) in [6.45, 7) is 3.97. The number of Topliss-reactive ketones (excluding diaryl/α,β-unsaturated/α-hetero) is 1. The first-order chi connectivity index (χ1) is 9.13. The largest absolute Gasteiger partial charge is 0.395 e. The van der Waals surface area contributed by atoms with E-state index in [-0.39, 0.29) is 18.4 Å². The number of halogens is 1. The van der Waals surface area contributed by atoms with Gasteiger partial charge in [-0.3, -0.25) is 9.69 Å². The Morgan fingerprint density at radius 3 is 2.89 bits per heavy atom. The molecule has 0 radical (unpaired) electrons. The Bertz CT molecular complexity index is 450. The molecule has 0 saturated carbocycles. The van der Waals surface area contributed by atoms with Crippen molar-refractivity contribution in [3.05, 3.63) is 34.9 Å². The molecule has 0 aliphatic carbocycles. The van der Waals surface area contributed by atoms with Crippen molar-refractivity contribution in [2.24, 2.45) is 5.92 Å². The lowest BCUT2D eigenvalue weighted by atomic mass is 10.0. The third kappa shape index (κ3) is 3.35. The average Bonchev–Trinajstić information content (AvgIpc) is 2.77. The SMILES string of the molecule is CC1CCN(CCC(=O)c2ccccc2Cl)C1CO. The van der Waals surface area contributed by atoms with Gasteiger partial charge in [0, 0.05) is 24.6 Å². The molecule has 1 N–H and O–H groups in total. The van der Waals surface area contributed by atoms with E-state index < -0.39 is 0 Å². The fraction of sp³-hybridized carbons (Fsp3) is 0.533. The van der Waals surface area contributed by atoms with Crippen molar-refractivity contribution < 1.29 is 9.90 Å². The smallest absolute Gasteiger partial charge is 0.165 e. The Kier molecular flexibility index (Phi) is 4.97. The summed E-state index contributed by atoms with van der Waals surface area (Å²) in [7, 11) is 0. The molecule has 2 atom stereocenters. The zero-order valence-corrected chi connectivity index (χ0v) is 11.9. The first kappa shape index (κ1) is 14.5. The summed E-state index contributed by atoms with van der Waals surface area (Å²) < 4.78 is 0. The molecule has 0 bridgehead atoms. The Balaban J connectivity index is 1.92. The molecule has 1 aliphatic heterocycles. The highest BCUT2D eigenvalue weighted by atomic mass is 35.5. The van der Waals surface area contributed by atoms with Gasteiger partial charge in [-0.25, -0.2) is 0 Å². The molecule has 3 nitrogen and oxygen atoms in total. The standard InChI is InChI=1S/C15H20ClNO2/c1-11-6-8-17(14(11)10-18)9-7-15(19)12-4-2-3-5-13(12)16/h2-5,11,14,18H,6-10H2,1H3. The molecule has 1 fully saturated rings. The minimum Gasteiger partial charge on any atom is -0.395 e. The Morgan fingerprint density at radius 1 is 1.47 bits per heavy atom. The summed E-state index contributed by atoms with van der Waals surface area (Å²) in [5.41, 5.74) is 0.594. The average molecular weight is 282 g/mol. The van der Waals surface area contributed by atoms with Crippen LogP contribution in [0.15, 0.2) is 24.3 Å². The summed E-state index contributed by atoms with van der Waals surface area (Å²) in [4.78, 5) is 14.3. The molecule has 19 heavy (non-hydrogen) atoms. The van der Waals surface area contributed by atoms with Crippen LogP contribution in [0.4, 0.5) is 0 Å². The second-order valence-electron chi connectivity index (χ2n) is 5.20. The zero-order valence-electron chi connectivity index (χ0n) is 11.2. The van der Waals surface area contributed by atoms with Crippen LogP contribution >= 0.6 is 11.6 Å². The molecule has 0 spiro atoms. The molecule has 104 valence electrons. The molecule has 1 heterocycles. The second kappa shape index (κ2) is 6.51. The molecule has 2 unspecified atom stereocenters. The van der Waals surface area contributed by atoms with Crippen molar-refractivity contribution in [3.8, 4) is 0 Å². The molecule has 1 aliphatic rings. The van der Waals surface area contributed by atoms with Crippen LogP contribution in [-0.2, 0) is 0 Å². The van der Waals surface area contributed by atoms with Crippen LogP contribution in [0.25, 0.3) is 0 Å². The summed E-state index contributed by atoms with van der Waals surface area (Å²) in [5, 5.41) is 9.90. The molecule has 4 heteroatoms. The minimum absolute atomic E-state index is 0.0712. The maximum atomic E-state index is 12.1. The summed E-state index contributed by atoms with van der Waals surface area (Å²) in [6.07, 6.45) is 1.54. The van der Waals surface area contributed by atoms with Gasteiger partial charge >= 0.3 is 0 Å². The van der Waals surface area contributed by atoms with Gasteiger partial charge < -0.3 is 5.11 Å². The molecule has 0 amide bonds. The minimum atomic E-state index is 0.0712. The van der Waals surface area contributed by atoms with Crippen LogP contribution in [0.3, 0.4) is 0 Å². The van der Waals surface area contributed by atoms with Gasteiger partial charge in [0.2, 0.25) is 0 Å². The number of ketones is 1. The number of carbonyl (C=O) groups excluding carboxylic acids is 1. The van der Waals surface area contributed by atoms with Crippen molar-refractivity contribution in [2.45, 2.75) is 25.8 Å². The number of nitrogens with zero attached hydrogens (tertiary/aromatic N) is 1. The van der Waals surface area contributed by atoms with E-state index in [0.29, 0.717) is 29.5 Å². The van der Waals surface area contributed by atoms with Crippen LogP contribution in [-0.4, -0.2) is 41.5 Å². The van der Waals surface area contributed by atoms with Gasteiger partial charge in [0.1, 0.15) is 0 Å². The van der Waals surface area contributed by atoms with Crippen LogP contribution < -0.4 is 0 Å². The lowest BCUT2D eigenvalue weighted by molar-refractivity contribution is 0.0934.